The van der Waals surface area contributed by atoms with Crippen LogP contribution in [-0.4, -0.2) is 9.55 Å². The van der Waals surface area contributed by atoms with Crippen molar-refractivity contribution < 1.29 is 0 Å². The lowest BCUT2D eigenvalue weighted by molar-refractivity contribution is 0.751. The normalized spacial score (nSPS) is 12.1. The SMILES string of the molecule is Cc1cccc(-n2cncc2[C@H](C)N)c1C#N. The first-order chi connectivity index (χ1) is 8.15. The maximum Gasteiger partial charge on any atom is 0.102 e. The number of rotatable bonds is 2. The van der Waals surface area contributed by atoms with Crippen LogP contribution in [0.4, 0.5) is 0 Å². The molecule has 4 heteroatoms. The summed E-state index contributed by atoms with van der Waals surface area (Å²) in [7, 11) is 0. The lowest BCUT2D eigenvalue weighted by atomic mass is 10.1. The lowest BCUT2D eigenvalue weighted by Gasteiger charge is -2.13. The molecule has 0 spiro atoms. The Morgan fingerprint density at radius 2 is 2.24 bits per heavy atom. The third kappa shape index (κ3) is 1.93. The van der Waals surface area contributed by atoms with E-state index < -0.39 is 0 Å². The quantitative estimate of drug-likeness (QED) is 0.852. The number of benzene rings is 1. The van der Waals surface area contributed by atoms with Crippen molar-refractivity contribution in [3.63, 3.8) is 0 Å². The van der Waals surface area contributed by atoms with Gasteiger partial charge in [-0.25, -0.2) is 4.98 Å². The second kappa shape index (κ2) is 4.40. The van der Waals surface area contributed by atoms with Crippen LogP contribution in [0, 0.1) is 18.3 Å². The van der Waals surface area contributed by atoms with Crippen molar-refractivity contribution in [1.82, 2.24) is 9.55 Å². The highest BCUT2D eigenvalue weighted by Crippen LogP contribution is 2.21. The molecule has 0 fully saturated rings. The molecule has 0 saturated heterocycles. The number of aromatic nitrogens is 2. The van der Waals surface area contributed by atoms with Crippen LogP contribution in [0.25, 0.3) is 5.69 Å². The Morgan fingerprint density at radius 3 is 2.88 bits per heavy atom. The van der Waals surface area contributed by atoms with Crippen LogP contribution in [0.1, 0.15) is 29.8 Å². The maximum atomic E-state index is 9.21. The summed E-state index contributed by atoms with van der Waals surface area (Å²) in [6.07, 6.45) is 3.42. The molecule has 17 heavy (non-hydrogen) atoms. The molecule has 1 heterocycles. The van der Waals surface area contributed by atoms with E-state index in [1.54, 1.807) is 12.5 Å². The van der Waals surface area contributed by atoms with Gasteiger partial charge in [0.25, 0.3) is 0 Å². The summed E-state index contributed by atoms with van der Waals surface area (Å²) in [5.74, 6) is 0. The molecule has 0 aliphatic carbocycles. The summed E-state index contributed by atoms with van der Waals surface area (Å²) < 4.78 is 1.87. The molecule has 2 rings (SSSR count). The van der Waals surface area contributed by atoms with Crippen molar-refractivity contribution >= 4 is 0 Å². The molecule has 0 saturated carbocycles. The molecule has 0 aliphatic rings. The van der Waals surface area contributed by atoms with E-state index in [0.29, 0.717) is 5.56 Å². The molecule has 4 nitrogen and oxygen atoms in total. The number of nitriles is 1. The van der Waals surface area contributed by atoms with Gasteiger partial charge in [0.15, 0.2) is 0 Å². The van der Waals surface area contributed by atoms with Gasteiger partial charge < -0.3 is 10.3 Å². The van der Waals surface area contributed by atoms with Crippen LogP contribution in [0.15, 0.2) is 30.7 Å². The zero-order chi connectivity index (χ0) is 12.4. The molecule has 2 aromatic rings. The van der Waals surface area contributed by atoms with Crippen molar-refractivity contribution in [3.8, 4) is 11.8 Å². The minimum Gasteiger partial charge on any atom is -0.323 e. The van der Waals surface area contributed by atoms with Crippen molar-refractivity contribution in [2.45, 2.75) is 19.9 Å². The summed E-state index contributed by atoms with van der Waals surface area (Å²) in [4.78, 5) is 4.10. The summed E-state index contributed by atoms with van der Waals surface area (Å²) in [5.41, 5.74) is 9.22. The first-order valence-electron chi connectivity index (χ1n) is 5.43. The molecule has 0 bridgehead atoms. The fourth-order valence-corrected chi connectivity index (χ4v) is 1.84. The Kier molecular flexibility index (Phi) is 2.94. The average Bonchev–Trinajstić information content (AvgIpc) is 2.77. The average molecular weight is 226 g/mol. The van der Waals surface area contributed by atoms with Gasteiger partial charge in [-0.3, -0.25) is 0 Å². The van der Waals surface area contributed by atoms with Gasteiger partial charge in [-0.2, -0.15) is 5.26 Å². The minimum atomic E-state index is -0.121. The molecule has 2 N–H and O–H groups in total. The standard InChI is InChI=1S/C13H14N4/c1-9-4-3-5-12(11(9)6-14)17-8-16-7-13(17)10(2)15/h3-5,7-8,10H,15H2,1-2H3/t10-/m0/s1. The smallest absolute Gasteiger partial charge is 0.102 e. The molecule has 1 aromatic carbocycles. The first-order valence-corrected chi connectivity index (χ1v) is 5.43. The van der Waals surface area contributed by atoms with Gasteiger partial charge in [0.2, 0.25) is 0 Å². The van der Waals surface area contributed by atoms with Crippen LogP contribution in [-0.2, 0) is 0 Å². The van der Waals surface area contributed by atoms with Gasteiger partial charge in [-0.1, -0.05) is 12.1 Å². The lowest BCUT2D eigenvalue weighted by Crippen LogP contribution is -2.11. The Morgan fingerprint density at radius 1 is 1.47 bits per heavy atom. The molecule has 1 atom stereocenters. The van der Waals surface area contributed by atoms with Crippen LogP contribution >= 0.6 is 0 Å². The predicted molar refractivity (Wildman–Crippen MR) is 65.6 cm³/mol. The van der Waals surface area contributed by atoms with Gasteiger partial charge in [-0.15, -0.1) is 0 Å². The van der Waals surface area contributed by atoms with Gasteiger partial charge in [-0.05, 0) is 25.5 Å². The van der Waals surface area contributed by atoms with Crippen LogP contribution in [0.3, 0.4) is 0 Å². The number of nitrogens with two attached hydrogens (primary N) is 1. The molecular formula is C13H14N4. The molecule has 0 aliphatic heterocycles. The summed E-state index contributed by atoms with van der Waals surface area (Å²) in [6, 6.07) is 7.86. The minimum absolute atomic E-state index is 0.121. The highest BCUT2D eigenvalue weighted by Gasteiger charge is 2.12. The highest BCUT2D eigenvalue weighted by atomic mass is 15.1. The first kappa shape index (κ1) is 11.4. The van der Waals surface area contributed by atoms with Gasteiger partial charge in [0.05, 0.1) is 29.5 Å². The van der Waals surface area contributed by atoms with Gasteiger partial charge >= 0.3 is 0 Å². The molecule has 0 unspecified atom stereocenters. The molecular weight excluding hydrogens is 212 g/mol. The Hall–Kier alpha value is -2.12. The van der Waals surface area contributed by atoms with Crippen molar-refractivity contribution in [3.05, 3.63) is 47.5 Å². The van der Waals surface area contributed by atoms with E-state index in [4.69, 9.17) is 5.73 Å². The molecule has 0 radical (unpaired) electrons. The third-order valence-corrected chi connectivity index (χ3v) is 2.76. The van der Waals surface area contributed by atoms with Gasteiger partial charge in [0.1, 0.15) is 6.07 Å². The van der Waals surface area contributed by atoms with Crippen molar-refractivity contribution in [2.24, 2.45) is 5.73 Å². The van der Waals surface area contributed by atoms with Crippen molar-refractivity contribution in [1.29, 1.82) is 5.26 Å². The zero-order valence-electron chi connectivity index (χ0n) is 9.88. The maximum absolute atomic E-state index is 9.21. The summed E-state index contributed by atoms with van der Waals surface area (Å²) in [5, 5.41) is 9.21. The van der Waals surface area contributed by atoms with E-state index in [2.05, 4.69) is 11.1 Å². The fraction of sp³-hybridized carbons (Fsp3) is 0.231. The number of hydrogen-bond donors (Lipinski definition) is 1. The fourth-order valence-electron chi connectivity index (χ4n) is 1.84. The van der Waals surface area contributed by atoms with E-state index in [9.17, 15) is 5.26 Å². The molecule has 1 aromatic heterocycles. The predicted octanol–water partition coefficient (Wildman–Crippen LogP) is 2.07. The van der Waals surface area contributed by atoms with Gasteiger partial charge in [0, 0.05) is 6.04 Å². The van der Waals surface area contributed by atoms with Crippen molar-refractivity contribution in [2.75, 3.05) is 0 Å². The Balaban J connectivity index is 2.66. The Labute approximate surface area is 100 Å². The Bertz CT molecular complexity index is 575. The van der Waals surface area contributed by atoms with E-state index in [1.165, 1.54) is 0 Å². The van der Waals surface area contributed by atoms with Crippen LogP contribution < -0.4 is 5.73 Å². The van der Waals surface area contributed by atoms with E-state index in [-0.39, 0.29) is 6.04 Å². The van der Waals surface area contributed by atoms with E-state index >= 15 is 0 Å². The number of aryl methyl sites for hydroxylation is 1. The molecule has 86 valence electrons. The topological polar surface area (TPSA) is 67.6 Å². The molecule has 0 amide bonds. The van der Waals surface area contributed by atoms with E-state index in [0.717, 1.165) is 16.9 Å². The van der Waals surface area contributed by atoms with E-state index in [1.807, 2.05) is 36.6 Å². The monoisotopic (exact) mass is 226 g/mol. The number of hydrogen-bond acceptors (Lipinski definition) is 3. The zero-order valence-corrected chi connectivity index (χ0v) is 9.88. The summed E-state index contributed by atoms with van der Waals surface area (Å²) >= 11 is 0. The van der Waals surface area contributed by atoms with Crippen LogP contribution in [0.5, 0.6) is 0 Å². The van der Waals surface area contributed by atoms with Crippen LogP contribution in [0.2, 0.25) is 0 Å². The summed E-state index contributed by atoms with van der Waals surface area (Å²) in [6.45, 7) is 3.82. The highest BCUT2D eigenvalue weighted by molar-refractivity contribution is 5.53. The number of nitrogens with zero attached hydrogens (tertiary/aromatic N) is 3. The largest absolute Gasteiger partial charge is 0.323 e. The number of imidazole rings is 1. The second-order valence-corrected chi connectivity index (χ2v) is 4.06. The second-order valence-electron chi connectivity index (χ2n) is 4.06. The third-order valence-electron chi connectivity index (χ3n) is 2.76.